The number of carbonyl (C=O) groups is 2. The Labute approximate surface area is 109 Å². The SMILES string of the molecule is C#CCN(CC(=O)O)C(=O)c1ccc(O)c(Cl)c1. The molecule has 0 aromatic heterocycles. The summed E-state index contributed by atoms with van der Waals surface area (Å²) in [6.45, 7) is -0.620. The van der Waals surface area contributed by atoms with Gasteiger partial charge in [-0.25, -0.2) is 0 Å². The van der Waals surface area contributed by atoms with Crippen LogP contribution in [0.25, 0.3) is 0 Å². The fourth-order valence-corrected chi connectivity index (χ4v) is 1.48. The van der Waals surface area contributed by atoms with Gasteiger partial charge in [-0.15, -0.1) is 6.42 Å². The molecule has 0 saturated carbocycles. The van der Waals surface area contributed by atoms with Crippen molar-refractivity contribution < 1.29 is 19.8 Å². The fraction of sp³-hybridized carbons (Fsp3) is 0.167. The first-order valence-corrected chi connectivity index (χ1v) is 5.26. The zero-order chi connectivity index (χ0) is 13.7. The normalized spacial score (nSPS) is 9.56. The summed E-state index contributed by atoms with van der Waals surface area (Å²) in [5.41, 5.74) is 0.161. The maximum atomic E-state index is 12.0. The largest absolute Gasteiger partial charge is 0.506 e. The van der Waals surface area contributed by atoms with Gasteiger partial charge in [0.05, 0.1) is 11.6 Å². The summed E-state index contributed by atoms with van der Waals surface area (Å²) in [6, 6.07) is 3.85. The molecule has 0 heterocycles. The molecule has 0 radical (unpaired) electrons. The van der Waals surface area contributed by atoms with E-state index in [2.05, 4.69) is 5.92 Å². The number of halogens is 1. The summed E-state index contributed by atoms with van der Waals surface area (Å²) in [6.07, 6.45) is 5.07. The van der Waals surface area contributed by atoms with Crippen molar-refractivity contribution in [3.8, 4) is 18.1 Å². The average Bonchev–Trinajstić information content (AvgIpc) is 2.31. The summed E-state index contributed by atoms with van der Waals surface area (Å²) in [5, 5.41) is 17.9. The highest BCUT2D eigenvalue weighted by molar-refractivity contribution is 6.32. The predicted octanol–water partition coefficient (Wildman–Crippen LogP) is 1.21. The van der Waals surface area contributed by atoms with Crippen molar-refractivity contribution in [2.24, 2.45) is 0 Å². The van der Waals surface area contributed by atoms with Crippen LogP contribution in [0.15, 0.2) is 18.2 Å². The zero-order valence-corrected chi connectivity index (χ0v) is 10.0. The van der Waals surface area contributed by atoms with Gasteiger partial charge in [0.1, 0.15) is 12.3 Å². The molecule has 0 fully saturated rings. The van der Waals surface area contributed by atoms with E-state index in [1.54, 1.807) is 0 Å². The molecule has 1 amide bonds. The van der Waals surface area contributed by atoms with Crippen LogP contribution in [0.1, 0.15) is 10.4 Å². The monoisotopic (exact) mass is 267 g/mol. The Bertz CT molecular complexity index is 521. The standard InChI is InChI=1S/C12H10ClNO4/c1-2-5-14(7-11(16)17)12(18)8-3-4-10(15)9(13)6-8/h1,3-4,6,15H,5,7H2,(H,16,17). The molecule has 2 N–H and O–H groups in total. The van der Waals surface area contributed by atoms with Gasteiger partial charge >= 0.3 is 5.97 Å². The van der Waals surface area contributed by atoms with Gasteiger partial charge in [0.15, 0.2) is 0 Å². The minimum absolute atomic E-state index is 0.0110. The summed E-state index contributed by atoms with van der Waals surface area (Å²) in [4.78, 5) is 23.6. The predicted molar refractivity (Wildman–Crippen MR) is 65.5 cm³/mol. The number of phenolic OH excluding ortho intramolecular Hbond substituents is 1. The summed E-state index contributed by atoms with van der Waals surface area (Å²) < 4.78 is 0. The topological polar surface area (TPSA) is 77.8 Å². The molecule has 1 rings (SSSR count). The first-order valence-electron chi connectivity index (χ1n) is 4.88. The number of hydrogen-bond donors (Lipinski definition) is 2. The van der Waals surface area contributed by atoms with E-state index < -0.39 is 18.4 Å². The fourth-order valence-electron chi connectivity index (χ4n) is 1.30. The Hall–Kier alpha value is -2.19. The molecule has 0 aliphatic heterocycles. The Morgan fingerprint density at radius 1 is 1.44 bits per heavy atom. The number of hydrogen-bond acceptors (Lipinski definition) is 3. The lowest BCUT2D eigenvalue weighted by Gasteiger charge is -2.18. The van der Waals surface area contributed by atoms with E-state index in [1.165, 1.54) is 18.2 Å². The second-order valence-corrected chi connectivity index (χ2v) is 3.83. The van der Waals surface area contributed by atoms with E-state index in [-0.39, 0.29) is 22.9 Å². The maximum Gasteiger partial charge on any atom is 0.323 e. The Balaban J connectivity index is 2.98. The molecule has 0 aliphatic carbocycles. The molecule has 0 bridgehead atoms. The number of amides is 1. The van der Waals surface area contributed by atoms with Crippen molar-refractivity contribution in [3.63, 3.8) is 0 Å². The lowest BCUT2D eigenvalue weighted by molar-refractivity contribution is -0.137. The van der Waals surface area contributed by atoms with Crippen LogP contribution in [0.4, 0.5) is 0 Å². The summed E-state index contributed by atoms with van der Waals surface area (Å²) >= 11 is 5.67. The number of carbonyl (C=O) groups excluding carboxylic acids is 1. The van der Waals surface area contributed by atoms with E-state index in [4.69, 9.17) is 23.1 Å². The van der Waals surface area contributed by atoms with Crippen molar-refractivity contribution >= 4 is 23.5 Å². The Morgan fingerprint density at radius 2 is 2.11 bits per heavy atom. The minimum Gasteiger partial charge on any atom is -0.506 e. The van der Waals surface area contributed by atoms with E-state index in [1.807, 2.05) is 0 Å². The van der Waals surface area contributed by atoms with Crippen LogP contribution in [0, 0.1) is 12.3 Å². The quantitative estimate of drug-likeness (QED) is 0.804. The van der Waals surface area contributed by atoms with Crippen molar-refractivity contribution in [1.29, 1.82) is 0 Å². The lowest BCUT2D eigenvalue weighted by atomic mass is 10.2. The van der Waals surface area contributed by atoms with Crippen molar-refractivity contribution in [3.05, 3.63) is 28.8 Å². The summed E-state index contributed by atoms with van der Waals surface area (Å²) in [5.74, 6) is 0.330. The molecule has 0 aliphatic rings. The smallest absolute Gasteiger partial charge is 0.323 e. The number of carboxylic acid groups (broad SMARTS) is 1. The molecule has 1 aromatic rings. The van der Waals surface area contributed by atoms with Gasteiger partial charge in [-0.2, -0.15) is 0 Å². The Morgan fingerprint density at radius 3 is 2.61 bits per heavy atom. The molecule has 6 heteroatoms. The van der Waals surface area contributed by atoms with Gasteiger partial charge in [0, 0.05) is 5.56 Å². The van der Waals surface area contributed by atoms with Crippen LogP contribution in [0.2, 0.25) is 5.02 Å². The zero-order valence-electron chi connectivity index (χ0n) is 9.26. The molecule has 0 saturated heterocycles. The highest BCUT2D eigenvalue weighted by atomic mass is 35.5. The van der Waals surface area contributed by atoms with Crippen LogP contribution in [0.3, 0.4) is 0 Å². The van der Waals surface area contributed by atoms with Crippen molar-refractivity contribution in [1.82, 2.24) is 4.90 Å². The molecule has 1 aromatic carbocycles. The number of terminal acetylenes is 1. The Kier molecular flexibility index (Phi) is 4.58. The number of carboxylic acids is 1. The number of aromatic hydroxyl groups is 1. The number of benzene rings is 1. The van der Waals surface area contributed by atoms with Crippen molar-refractivity contribution in [2.45, 2.75) is 0 Å². The van der Waals surface area contributed by atoms with Gasteiger partial charge in [0.2, 0.25) is 0 Å². The van der Waals surface area contributed by atoms with Crippen LogP contribution in [-0.2, 0) is 4.79 Å². The first kappa shape index (κ1) is 13.9. The first-order chi connectivity index (χ1) is 8.45. The molecule has 0 unspecified atom stereocenters. The van der Waals surface area contributed by atoms with Crippen molar-refractivity contribution in [2.75, 3.05) is 13.1 Å². The van der Waals surface area contributed by atoms with E-state index >= 15 is 0 Å². The van der Waals surface area contributed by atoms with E-state index in [0.717, 1.165) is 4.90 Å². The van der Waals surface area contributed by atoms with Gasteiger partial charge in [0.25, 0.3) is 5.91 Å². The lowest BCUT2D eigenvalue weighted by Crippen LogP contribution is -2.35. The third-order valence-electron chi connectivity index (χ3n) is 2.09. The summed E-state index contributed by atoms with van der Waals surface area (Å²) in [7, 11) is 0. The minimum atomic E-state index is -1.16. The van der Waals surface area contributed by atoms with Crippen LogP contribution >= 0.6 is 11.6 Å². The second-order valence-electron chi connectivity index (χ2n) is 3.43. The number of aliphatic carboxylic acids is 1. The van der Waals surface area contributed by atoms with E-state index in [0.29, 0.717) is 0 Å². The molecule has 0 atom stereocenters. The number of nitrogens with zero attached hydrogens (tertiary/aromatic N) is 1. The molecule has 94 valence electrons. The van der Waals surface area contributed by atoms with Gasteiger partial charge < -0.3 is 15.1 Å². The maximum absolute atomic E-state index is 12.0. The van der Waals surface area contributed by atoms with E-state index in [9.17, 15) is 14.7 Å². The third kappa shape index (κ3) is 3.40. The van der Waals surface area contributed by atoms with Crippen LogP contribution in [-0.4, -0.2) is 40.1 Å². The second kappa shape index (κ2) is 5.94. The molecule has 18 heavy (non-hydrogen) atoms. The molecule has 5 nitrogen and oxygen atoms in total. The van der Waals surface area contributed by atoms with Gasteiger partial charge in [-0.1, -0.05) is 17.5 Å². The third-order valence-corrected chi connectivity index (χ3v) is 2.39. The van der Waals surface area contributed by atoms with Gasteiger partial charge in [-0.05, 0) is 18.2 Å². The molecular formula is C12H10ClNO4. The van der Waals surface area contributed by atoms with Crippen LogP contribution < -0.4 is 0 Å². The van der Waals surface area contributed by atoms with Gasteiger partial charge in [-0.3, -0.25) is 9.59 Å². The number of phenols is 1. The number of rotatable bonds is 4. The highest BCUT2D eigenvalue weighted by Crippen LogP contribution is 2.24. The van der Waals surface area contributed by atoms with Crippen LogP contribution in [0.5, 0.6) is 5.75 Å². The molecule has 0 spiro atoms. The highest BCUT2D eigenvalue weighted by Gasteiger charge is 2.18. The average molecular weight is 268 g/mol. The molecular weight excluding hydrogens is 258 g/mol.